The van der Waals surface area contributed by atoms with Gasteiger partial charge >= 0.3 is 6.09 Å². The minimum Gasteiger partial charge on any atom is -0.445 e. The van der Waals surface area contributed by atoms with Crippen LogP contribution in [0.3, 0.4) is 0 Å². The van der Waals surface area contributed by atoms with Crippen molar-refractivity contribution in [1.29, 1.82) is 0 Å². The summed E-state index contributed by atoms with van der Waals surface area (Å²) in [4.78, 5) is 11.7. The Hall–Kier alpha value is -1.32. The molecule has 0 spiro atoms. The topological polar surface area (TPSA) is 81.4 Å². The Kier molecular flexibility index (Phi) is 5.62. The third-order valence-corrected chi connectivity index (χ3v) is 5.05. The molecule has 1 unspecified atom stereocenters. The molecule has 1 aromatic carbocycles. The number of carbonyl (C=O) groups excluding carboxylic acids is 1. The van der Waals surface area contributed by atoms with Crippen molar-refractivity contribution in [3.63, 3.8) is 0 Å². The van der Waals surface area contributed by atoms with Crippen molar-refractivity contribution in [3.8, 4) is 0 Å². The van der Waals surface area contributed by atoms with Crippen LogP contribution in [0, 0.1) is 0 Å². The highest BCUT2D eigenvalue weighted by Crippen LogP contribution is 2.32. The van der Waals surface area contributed by atoms with E-state index in [1.54, 1.807) is 0 Å². The number of ether oxygens (including phenoxy) is 1. The van der Waals surface area contributed by atoms with Gasteiger partial charge in [0.1, 0.15) is 14.6 Å². The van der Waals surface area contributed by atoms with Crippen LogP contribution in [-0.4, -0.2) is 17.8 Å². The second-order valence-corrected chi connectivity index (χ2v) is 6.78. The van der Waals surface area contributed by atoms with Crippen LogP contribution in [0.15, 0.2) is 30.3 Å². The standard InChI is InChI=1S/C14H21N2O3P/c15-20(18)13-8-6-12(7-9-13)16-14(17)19-10-11-4-2-1-3-5-11/h1-5,12-13,20H,6-10H2,(H2,15,18)(H,16,17)/t12-,13-. The van der Waals surface area contributed by atoms with E-state index in [1.807, 2.05) is 30.3 Å². The van der Waals surface area contributed by atoms with Gasteiger partial charge in [0.15, 0.2) is 0 Å². The molecule has 1 fully saturated rings. The van der Waals surface area contributed by atoms with Gasteiger partial charge in [-0.25, -0.2) is 4.79 Å². The van der Waals surface area contributed by atoms with E-state index in [9.17, 15) is 9.36 Å². The first-order valence-corrected chi connectivity index (χ1v) is 8.48. The number of rotatable bonds is 4. The second-order valence-electron chi connectivity index (χ2n) is 5.16. The lowest BCUT2D eigenvalue weighted by Crippen LogP contribution is -2.38. The summed E-state index contributed by atoms with van der Waals surface area (Å²) in [5.41, 5.74) is 6.56. The van der Waals surface area contributed by atoms with Gasteiger partial charge in [0.2, 0.25) is 0 Å². The summed E-state index contributed by atoms with van der Waals surface area (Å²) in [5, 5.41) is 2.86. The van der Waals surface area contributed by atoms with Gasteiger partial charge in [0.25, 0.3) is 0 Å². The average molecular weight is 296 g/mol. The average Bonchev–Trinajstić information content (AvgIpc) is 2.47. The summed E-state index contributed by atoms with van der Waals surface area (Å²) >= 11 is 0. The fraction of sp³-hybridized carbons (Fsp3) is 0.500. The number of nitrogens with two attached hydrogens (primary N) is 1. The lowest BCUT2D eigenvalue weighted by Gasteiger charge is -2.27. The van der Waals surface area contributed by atoms with Gasteiger partial charge in [-0.2, -0.15) is 0 Å². The van der Waals surface area contributed by atoms with E-state index >= 15 is 0 Å². The summed E-state index contributed by atoms with van der Waals surface area (Å²) in [6, 6.07) is 9.68. The first-order valence-electron chi connectivity index (χ1n) is 6.91. The fourth-order valence-corrected chi connectivity index (χ4v) is 3.36. The van der Waals surface area contributed by atoms with Gasteiger partial charge in [-0.1, -0.05) is 30.3 Å². The van der Waals surface area contributed by atoms with Crippen LogP contribution in [0.1, 0.15) is 31.2 Å². The van der Waals surface area contributed by atoms with Crippen LogP contribution in [0.2, 0.25) is 0 Å². The smallest absolute Gasteiger partial charge is 0.407 e. The highest BCUT2D eigenvalue weighted by atomic mass is 31.1. The number of hydrogen-bond donors (Lipinski definition) is 2. The van der Waals surface area contributed by atoms with Gasteiger partial charge < -0.3 is 14.6 Å². The van der Waals surface area contributed by atoms with Crippen LogP contribution in [0.4, 0.5) is 4.79 Å². The second kappa shape index (κ2) is 7.46. The maximum absolute atomic E-state index is 11.7. The van der Waals surface area contributed by atoms with Crippen LogP contribution in [0.25, 0.3) is 0 Å². The van der Waals surface area contributed by atoms with E-state index < -0.39 is 14.0 Å². The van der Waals surface area contributed by atoms with E-state index in [2.05, 4.69) is 5.32 Å². The zero-order chi connectivity index (χ0) is 14.4. The molecule has 1 atom stereocenters. The molecule has 1 amide bonds. The van der Waals surface area contributed by atoms with Gasteiger partial charge in [-0.05, 0) is 31.2 Å². The van der Waals surface area contributed by atoms with Gasteiger partial charge in [-0.15, -0.1) is 0 Å². The minimum atomic E-state index is -1.93. The molecule has 0 saturated heterocycles. The van der Waals surface area contributed by atoms with Crippen LogP contribution in [0.5, 0.6) is 0 Å². The molecule has 0 heterocycles. The van der Waals surface area contributed by atoms with Crippen molar-refractivity contribution in [1.82, 2.24) is 5.32 Å². The number of alkyl carbamates (subject to hydrolysis) is 1. The molecule has 6 heteroatoms. The largest absolute Gasteiger partial charge is 0.445 e. The normalized spacial score (nSPS) is 23.9. The minimum absolute atomic E-state index is 0.107. The van der Waals surface area contributed by atoms with Crippen LogP contribution in [-0.2, 0) is 15.9 Å². The predicted molar refractivity (Wildman–Crippen MR) is 79.0 cm³/mol. The maximum atomic E-state index is 11.7. The predicted octanol–water partition coefficient (Wildman–Crippen LogP) is 2.66. The van der Waals surface area contributed by atoms with Crippen molar-refractivity contribution in [2.75, 3.05) is 0 Å². The van der Waals surface area contributed by atoms with Crippen molar-refractivity contribution >= 4 is 14.0 Å². The molecule has 20 heavy (non-hydrogen) atoms. The number of nitrogens with one attached hydrogen (secondary N) is 1. The van der Waals surface area contributed by atoms with Crippen LogP contribution >= 0.6 is 7.95 Å². The van der Waals surface area contributed by atoms with E-state index in [1.165, 1.54) is 0 Å². The summed E-state index contributed by atoms with van der Waals surface area (Å²) in [6.07, 6.45) is 2.88. The molecule has 3 N–H and O–H groups in total. The van der Waals surface area contributed by atoms with Crippen molar-refractivity contribution in [2.45, 2.75) is 44.0 Å². The molecule has 0 radical (unpaired) electrons. The molecular formula is C14H21N2O3P. The van der Waals surface area contributed by atoms with E-state index in [-0.39, 0.29) is 18.3 Å². The highest BCUT2D eigenvalue weighted by molar-refractivity contribution is 7.42. The summed E-state index contributed by atoms with van der Waals surface area (Å²) in [6.45, 7) is 0.276. The highest BCUT2D eigenvalue weighted by Gasteiger charge is 2.24. The van der Waals surface area contributed by atoms with Crippen molar-refractivity contribution < 1.29 is 14.1 Å². The Labute approximate surface area is 119 Å². The molecule has 2 rings (SSSR count). The summed E-state index contributed by atoms with van der Waals surface area (Å²) in [5.74, 6) is 0. The molecule has 1 aromatic rings. The third-order valence-electron chi connectivity index (χ3n) is 3.66. The van der Waals surface area contributed by atoms with Gasteiger partial charge in [0, 0.05) is 11.7 Å². The van der Waals surface area contributed by atoms with Crippen molar-refractivity contribution in [3.05, 3.63) is 35.9 Å². The molecule has 1 aliphatic carbocycles. The Morgan fingerprint density at radius 2 is 1.90 bits per heavy atom. The fourth-order valence-electron chi connectivity index (χ4n) is 2.45. The Bertz CT molecular complexity index is 459. The molecular weight excluding hydrogens is 275 g/mol. The molecule has 110 valence electrons. The summed E-state index contributed by atoms with van der Waals surface area (Å²) in [7, 11) is -1.93. The molecule has 5 nitrogen and oxygen atoms in total. The van der Waals surface area contributed by atoms with E-state index in [4.69, 9.17) is 10.2 Å². The number of carbonyl (C=O) groups is 1. The number of benzene rings is 1. The van der Waals surface area contributed by atoms with E-state index in [0.29, 0.717) is 0 Å². The monoisotopic (exact) mass is 296 g/mol. The van der Waals surface area contributed by atoms with Gasteiger partial charge in [0.05, 0.1) is 0 Å². The zero-order valence-electron chi connectivity index (χ0n) is 11.4. The SMILES string of the molecule is N[PH](=O)[C@H]1CC[C@H](NC(=O)OCc2ccccc2)CC1. The van der Waals surface area contributed by atoms with Crippen LogP contribution < -0.4 is 10.8 Å². The lowest BCUT2D eigenvalue weighted by molar-refractivity contribution is 0.133. The van der Waals surface area contributed by atoms with E-state index in [0.717, 1.165) is 31.2 Å². The molecule has 0 aromatic heterocycles. The maximum Gasteiger partial charge on any atom is 0.407 e. The quantitative estimate of drug-likeness (QED) is 0.837. The number of amides is 1. The molecule has 1 saturated carbocycles. The van der Waals surface area contributed by atoms with Gasteiger partial charge in [-0.3, -0.25) is 5.50 Å². The lowest BCUT2D eigenvalue weighted by atomic mass is 9.95. The zero-order valence-corrected chi connectivity index (χ0v) is 12.4. The van der Waals surface area contributed by atoms with Crippen molar-refractivity contribution in [2.24, 2.45) is 5.50 Å². The Morgan fingerprint density at radius 3 is 2.50 bits per heavy atom. The molecule has 1 aliphatic rings. The molecule has 0 aliphatic heterocycles. The Balaban J connectivity index is 1.69. The summed E-state index contributed by atoms with van der Waals surface area (Å²) < 4.78 is 16.4. The molecule has 0 bridgehead atoms. The number of hydrogen-bond acceptors (Lipinski definition) is 3. The first kappa shape index (κ1) is 15.1. The first-order chi connectivity index (χ1) is 9.65. The Morgan fingerprint density at radius 1 is 1.25 bits per heavy atom. The third kappa shape index (κ3) is 4.66.